The van der Waals surface area contributed by atoms with Crippen LogP contribution in [-0.2, 0) is 10.8 Å². The molecule has 0 unspecified atom stereocenters. The van der Waals surface area contributed by atoms with E-state index in [-0.39, 0.29) is 5.41 Å². The molecule has 3 aliphatic carbocycles. The molecule has 0 radical (unpaired) electrons. The fourth-order valence-corrected chi connectivity index (χ4v) is 12.8. The lowest BCUT2D eigenvalue weighted by Gasteiger charge is -2.32. The molecule has 314 valence electrons. The first-order chi connectivity index (χ1) is 33.0. The predicted octanol–water partition coefficient (Wildman–Crippen LogP) is 16.8. The molecule has 3 heteroatoms. The van der Waals surface area contributed by atoms with Gasteiger partial charge in [-0.25, -0.2) is 0 Å². The number of furan rings is 1. The highest BCUT2D eigenvalue weighted by molar-refractivity contribution is 6.22. The topological polar surface area (TPSA) is 21.3 Å². The Morgan fingerprint density at radius 1 is 0.403 bits per heavy atom. The van der Waals surface area contributed by atoms with Crippen molar-refractivity contribution in [2.75, 3.05) is 4.90 Å². The zero-order chi connectivity index (χ0) is 44.2. The molecule has 0 saturated carbocycles. The largest absolute Gasteiger partial charge is 0.454 e. The van der Waals surface area contributed by atoms with Crippen molar-refractivity contribution in [2.24, 2.45) is 0 Å². The SMILES string of the molecule is CC1(C)c2ccccc2-c2ccc(N(c3ccc4c5ccc6c7ccccc7oc6c5n(-c5ccccc5)c4c3)c3cccc4c3-c3ccccc3C43c4ccccc4-c4ccccc43)cc21. The van der Waals surface area contributed by atoms with Gasteiger partial charge in [0.15, 0.2) is 5.58 Å². The fraction of sp³-hybridized carbons (Fsp3) is 0.0625. The van der Waals surface area contributed by atoms with Gasteiger partial charge in [0.25, 0.3) is 0 Å². The van der Waals surface area contributed by atoms with E-state index in [4.69, 9.17) is 4.42 Å². The number of para-hydroxylation sites is 2. The highest BCUT2D eigenvalue weighted by atomic mass is 16.3. The van der Waals surface area contributed by atoms with Crippen molar-refractivity contribution in [3.05, 3.63) is 252 Å². The van der Waals surface area contributed by atoms with E-state index in [0.717, 1.165) is 61.1 Å². The lowest BCUT2D eigenvalue weighted by Crippen LogP contribution is -2.26. The molecule has 2 heterocycles. The number of anilines is 3. The van der Waals surface area contributed by atoms with Crippen LogP contribution in [0.25, 0.3) is 82.8 Å². The van der Waals surface area contributed by atoms with Crippen LogP contribution in [0.15, 0.2) is 223 Å². The Morgan fingerprint density at radius 3 is 1.72 bits per heavy atom. The molecule has 12 aromatic rings. The number of fused-ring (bicyclic) bond motifs is 20. The van der Waals surface area contributed by atoms with E-state index >= 15 is 0 Å². The van der Waals surface area contributed by atoms with Crippen molar-refractivity contribution >= 4 is 60.8 Å². The molecule has 67 heavy (non-hydrogen) atoms. The molecule has 15 rings (SSSR count). The molecule has 10 aromatic carbocycles. The van der Waals surface area contributed by atoms with Gasteiger partial charge >= 0.3 is 0 Å². The summed E-state index contributed by atoms with van der Waals surface area (Å²) in [4.78, 5) is 2.55. The van der Waals surface area contributed by atoms with E-state index < -0.39 is 5.41 Å². The molecule has 0 N–H and O–H groups in total. The van der Waals surface area contributed by atoms with E-state index in [1.54, 1.807) is 0 Å². The first-order valence-electron chi connectivity index (χ1n) is 23.4. The highest BCUT2D eigenvalue weighted by Crippen LogP contribution is 2.65. The van der Waals surface area contributed by atoms with Gasteiger partial charge in [-0.05, 0) is 116 Å². The minimum Gasteiger partial charge on any atom is -0.454 e. The van der Waals surface area contributed by atoms with Crippen LogP contribution in [-0.4, -0.2) is 4.57 Å². The minimum absolute atomic E-state index is 0.179. The number of hydrogen-bond donors (Lipinski definition) is 0. The van der Waals surface area contributed by atoms with E-state index in [1.165, 1.54) is 72.1 Å². The van der Waals surface area contributed by atoms with Gasteiger partial charge < -0.3 is 13.9 Å². The average Bonchev–Trinajstić information content (AvgIpc) is 4.15. The maximum Gasteiger partial charge on any atom is 0.160 e. The standard InChI is InChI=1S/C64H42N2O/c1-63(2)51-24-11-6-19-42(51)45-33-31-40(37-56(45)63)65(57-29-16-28-55-60(57)50-23-9-14-27-54(50)64(55)52-25-12-7-20-43(52)44-21-8-13-26-53(44)64)41-32-34-46-48-35-36-49-47-22-10-15-30-59(47)67-62(49)61(48)66(58(46)38-41)39-17-4-3-5-18-39/h3-38H,1-2H3. The van der Waals surface area contributed by atoms with Crippen LogP contribution in [0.4, 0.5) is 17.1 Å². The van der Waals surface area contributed by atoms with Crippen LogP contribution in [0.5, 0.6) is 0 Å². The summed E-state index contributed by atoms with van der Waals surface area (Å²) in [7, 11) is 0. The molecule has 0 bridgehead atoms. The molecule has 0 amide bonds. The summed E-state index contributed by atoms with van der Waals surface area (Å²) in [6.45, 7) is 4.76. The first-order valence-corrected chi connectivity index (χ1v) is 23.4. The highest BCUT2D eigenvalue weighted by Gasteiger charge is 2.52. The second kappa shape index (κ2) is 13.1. The van der Waals surface area contributed by atoms with E-state index in [9.17, 15) is 0 Å². The van der Waals surface area contributed by atoms with Crippen molar-refractivity contribution in [1.82, 2.24) is 4.57 Å². The van der Waals surface area contributed by atoms with Gasteiger partial charge in [0.05, 0.1) is 22.1 Å². The van der Waals surface area contributed by atoms with E-state index in [0.29, 0.717) is 0 Å². The summed E-state index contributed by atoms with van der Waals surface area (Å²) in [5.41, 5.74) is 23.6. The van der Waals surface area contributed by atoms with Gasteiger partial charge in [0.1, 0.15) is 5.58 Å². The molecule has 0 aliphatic heterocycles. The summed E-state index contributed by atoms with van der Waals surface area (Å²) in [6.07, 6.45) is 0. The maximum absolute atomic E-state index is 6.81. The summed E-state index contributed by atoms with van der Waals surface area (Å²) < 4.78 is 9.23. The number of nitrogens with zero attached hydrogens (tertiary/aromatic N) is 2. The van der Waals surface area contributed by atoms with Gasteiger partial charge in [-0.2, -0.15) is 0 Å². The minimum atomic E-state index is -0.468. The van der Waals surface area contributed by atoms with Gasteiger partial charge in [0.2, 0.25) is 0 Å². The van der Waals surface area contributed by atoms with Gasteiger partial charge in [-0.15, -0.1) is 0 Å². The van der Waals surface area contributed by atoms with Crippen LogP contribution in [0.1, 0.15) is 47.2 Å². The van der Waals surface area contributed by atoms with Crippen molar-refractivity contribution < 1.29 is 4.42 Å². The zero-order valence-corrected chi connectivity index (χ0v) is 37.1. The average molecular weight is 855 g/mol. The molecular formula is C64H42N2O. The second-order valence-corrected chi connectivity index (χ2v) is 19.1. The van der Waals surface area contributed by atoms with Crippen molar-refractivity contribution in [3.63, 3.8) is 0 Å². The van der Waals surface area contributed by atoms with Gasteiger partial charge in [-0.3, -0.25) is 0 Å². The lowest BCUT2D eigenvalue weighted by atomic mass is 9.70. The Hall–Kier alpha value is -8.40. The van der Waals surface area contributed by atoms with Crippen LogP contribution >= 0.6 is 0 Å². The van der Waals surface area contributed by atoms with Crippen LogP contribution in [0, 0.1) is 0 Å². The molecule has 3 nitrogen and oxygen atoms in total. The molecule has 0 saturated heterocycles. The second-order valence-electron chi connectivity index (χ2n) is 19.1. The number of rotatable bonds is 4. The van der Waals surface area contributed by atoms with Crippen LogP contribution < -0.4 is 4.90 Å². The molecule has 1 spiro atoms. The van der Waals surface area contributed by atoms with Gasteiger partial charge in [0, 0.05) is 49.6 Å². The fourth-order valence-electron chi connectivity index (χ4n) is 12.8. The Balaban J connectivity index is 1.05. The monoisotopic (exact) mass is 854 g/mol. The Bertz CT molecular complexity index is 4040. The summed E-state index contributed by atoms with van der Waals surface area (Å²) in [5, 5.41) is 4.59. The van der Waals surface area contributed by atoms with Crippen LogP contribution in [0.2, 0.25) is 0 Å². The van der Waals surface area contributed by atoms with Crippen molar-refractivity contribution in [1.29, 1.82) is 0 Å². The van der Waals surface area contributed by atoms with E-state index in [1.807, 2.05) is 0 Å². The maximum atomic E-state index is 6.81. The summed E-state index contributed by atoms with van der Waals surface area (Å²) in [5.74, 6) is 0. The molecule has 0 atom stereocenters. The number of hydrogen-bond acceptors (Lipinski definition) is 2. The third-order valence-corrected chi connectivity index (χ3v) is 15.6. The third-order valence-electron chi connectivity index (χ3n) is 15.6. The normalized spacial score (nSPS) is 14.4. The third kappa shape index (κ3) is 4.65. The summed E-state index contributed by atoms with van der Waals surface area (Å²) >= 11 is 0. The van der Waals surface area contributed by atoms with Crippen molar-refractivity contribution in [3.8, 4) is 39.1 Å². The number of benzene rings is 10. The van der Waals surface area contributed by atoms with Crippen molar-refractivity contribution in [2.45, 2.75) is 24.7 Å². The van der Waals surface area contributed by atoms with Gasteiger partial charge in [-0.1, -0.05) is 178 Å². The number of aromatic nitrogens is 1. The first kappa shape index (κ1) is 36.9. The van der Waals surface area contributed by atoms with Crippen LogP contribution in [0.3, 0.4) is 0 Å². The predicted molar refractivity (Wildman–Crippen MR) is 277 cm³/mol. The molecule has 3 aliphatic rings. The molecular weight excluding hydrogens is 813 g/mol. The quantitative estimate of drug-likeness (QED) is 0.176. The van der Waals surface area contributed by atoms with E-state index in [2.05, 4.69) is 242 Å². The molecule has 2 aromatic heterocycles. The Kier molecular flexibility index (Phi) is 7.22. The zero-order valence-electron chi connectivity index (χ0n) is 37.1. The smallest absolute Gasteiger partial charge is 0.160 e. The Labute approximate surface area is 388 Å². The molecule has 0 fully saturated rings. The lowest BCUT2D eigenvalue weighted by molar-refractivity contribution is 0.660. The summed E-state index contributed by atoms with van der Waals surface area (Å²) in [6, 6.07) is 81.3. The Morgan fingerprint density at radius 2 is 0.955 bits per heavy atom.